The molecule has 0 spiro atoms. The van der Waals surface area contributed by atoms with Crippen LogP contribution < -0.4 is 5.73 Å². The molecule has 0 unspecified atom stereocenters. The summed E-state index contributed by atoms with van der Waals surface area (Å²) in [6, 6.07) is 6.53. The molecule has 5 rings (SSSR count). The van der Waals surface area contributed by atoms with Crippen LogP contribution in [0.3, 0.4) is 0 Å². The Labute approximate surface area is 111 Å². The van der Waals surface area contributed by atoms with Crippen molar-refractivity contribution in [1.82, 2.24) is 4.98 Å². The van der Waals surface area contributed by atoms with E-state index in [0.29, 0.717) is 5.41 Å². The Morgan fingerprint density at radius 1 is 1.29 bits per heavy atom. The van der Waals surface area contributed by atoms with Crippen LogP contribution in [-0.2, 0) is 5.41 Å². The molecule has 2 aromatic rings. The Morgan fingerprint density at radius 3 is 2.65 bits per heavy atom. The monoisotopic (exact) mass is 266 g/mol. The third-order valence-corrected chi connectivity index (χ3v) is 5.35. The SMILES string of the molecule is Cc1ccc2sc(C34CC(N)(C3)C4)nc2c1.Cl. The van der Waals surface area contributed by atoms with Gasteiger partial charge in [0.05, 0.1) is 10.2 Å². The van der Waals surface area contributed by atoms with E-state index in [4.69, 9.17) is 10.7 Å². The lowest BCUT2D eigenvalue weighted by Crippen LogP contribution is -2.74. The Bertz CT molecular complexity index is 585. The number of aromatic nitrogens is 1. The number of thiazole rings is 1. The first kappa shape index (κ1) is 11.5. The normalized spacial score (nSPS) is 33.8. The van der Waals surface area contributed by atoms with E-state index in [9.17, 15) is 0 Å². The van der Waals surface area contributed by atoms with Crippen molar-refractivity contribution in [2.24, 2.45) is 5.73 Å². The summed E-state index contributed by atoms with van der Waals surface area (Å²) in [7, 11) is 0. The minimum Gasteiger partial charge on any atom is -0.325 e. The van der Waals surface area contributed by atoms with Crippen LogP contribution in [0.2, 0.25) is 0 Å². The molecule has 1 heterocycles. The summed E-state index contributed by atoms with van der Waals surface area (Å²) in [6.45, 7) is 2.12. The summed E-state index contributed by atoms with van der Waals surface area (Å²) in [4.78, 5) is 4.80. The Morgan fingerprint density at radius 2 is 2.00 bits per heavy atom. The van der Waals surface area contributed by atoms with Crippen LogP contribution in [0, 0.1) is 6.92 Å². The number of halogens is 1. The lowest BCUT2D eigenvalue weighted by Gasteiger charge is -2.68. The minimum absolute atomic E-state index is 0. The second-order valence-corrected chi connectivity index (χ2v) is 6.69. The molecule has 2 nitrogen and oxygen atoms in total. The standard InChI is InChI=1S/C13H14N2S.ClH/c1-8-2-3-10-9(4-8)15-11(16-10)12-5-13(14,6-12)7-12;/h2-4H,5-7,14H2,1H3;1H. The van der Waals surface area contributed by atoms with Gasteiger partial charge >= 0.3 is 0 Å². The summed E-state index contributed by atoms with van der Waals surface area (Å²) in [5.41, 5.74) is 9.10. The summed E-state index contributed by atoms with van der Waals surface area (Å²) in [5, 5.41) is 1.32. The predicted molar refractivity (Wildman–Crippen MR) is 74.1 cm³/mol. The number of nitrogens with zero attached hydrogens (tertiary/aromatic N) is 1. The average molecular weight is 267 g/mol. The van der Waals surface area contributed by atoms with E-state index in [1.54, 1.807) is 0 Å². The number of hydrogen-bond donors (Lipinski definition) is 1. The fraction of sp³-hybridized carbons (Fsp3) is 0.462. The molecule has 3 aliphatic rings. The number of nitrogens with two attached hydrogens (primary N) is 1. The van der Waals surface area contributed by atoms with Crippen molar-refractivity contribution in [1.29, 1.82) is 0 Å². The maximum Gasteiger partial charge on any atom is 0.100 e. The molecular weight excluding hydrogens is 252 g/mol. The first-order valence-corrected chi connectivity index (χ1v) is 6.57. The molecule has 0 amide bonds. The van der Waals surface area contributed by atoms with E-state index in [-0.39, 0.29) is 17.9 Å². The lowest BCUT2D eigenvalue weighted by molar-refractivity contribution is -0.0589. The zero-order valence-corrected chi connectivity index (χ0v) is 11.3. The van der Waals surface area contributed by atoms with Crippen LogP contribution in [0.25, 0.3) is 10.2 Å². The number of aryl methyl sites for hydroxylation is 1. The van der Waals surface area contributed by atoms with Crippen LogP contribution in [0.1, 0.15) is 29.8 Å². The summed E-state index contributed by atoms with van der Waals surface area (Å²) in [6.07, 6.45) is 3.45. The van der Waals surface area contributed by atoms with E-state index in [2.05, 4.69) is 25.1 Å². The largest absolute Gasteiger partial charge is 0.325 e. The van der Waals surface area contributed by atoms with Gasteiger partial charge in [-0.2, -0.15) is 0 Å². The van der Waals surface area contributed by atoms with Gasteiger partial charge in [0.25, 0.3) is 0 Å². The molecule has 17 heavy (non-hydrogen) atoms. The first-order valence-electron chi connectivity index (χ1n) is 5.75. The van der Waals surface area contributed by atoms with E-state index < -0.39 is 0 Å². The first-order chi connectivity index (χ1) is 7.59. The molecule has 90 valence electrons. The zero-order chi connectivity index (χ0) is 11.0. The van der Waals surface area contributed by atoms with Crippen LogP contribution in [0.4, 0.5) is 0 Å². The highest BCUT2D eigenvalue weighted by Gasteiger charge is 2.67. The van der Waals surface area contributed by atoms with Gasteiger partial charge in [-0.1, -0.05) is 6.07 Å². The Hall–Kier alpha value is -0.640. The molecular formula is C13H15ClN2S. The van der Waals surface area contributed by atoms with Gasteiger partial charge in [0.2, 0.25) is 0 Å². The van der Waals surface area contributed by atoms with Crippen molar-refractivity contribution >= 4 is 34.0 Å². The maximum absolute atomic E-state index is 6.11. The number of rotatable bonds is 1. The Balaban J connectivity index is 0.000000902. The van der Waals surface area contributed by atoms with E-state index in [0.717, 1.165) is 24.8 Å². The van der Waals surface area contributed by atoms with Gasteiger partial charge in [-0.15, -0.1) is 23.7 Å². The highest BCUT2D eigenvalue weighted by Crippen LogP contribution is 2.67. The number of benzene rings is 1. The molecule has 3 saturated carbocycles. The molecule has 4 heteroatoms. The molecule has 1 aromatic heterocycles. The molecule has 3 aliphatic carbocycles. The van der Waals surface area contributed by atoms with Gasteiger partial charge in [-0.05, 0) is 43.9 Å². The van der Waals surface area contributed by atoms with E-state index in [1.165, 1.54) is 15.3 Å². The van der Waals surface area contributed by atoms with Crippen molar-refractivity contribution in [3.63, 3.8) is 0 Å². The number of hydrogen-bond acceptors (Lipinski definition) is 3. The summed E-state index contributed by atoms with van der Waals surface area (Å²) in [5.74, 6) is 0. The fourth-order valence-corrected chi connectivity index (χ4v) is 4.49. The highest BCUT2D eigenvalue weighted by molar-refractivity contribution is 7.18. The molecule has 0 aliphatic heterocycles. The Kier molecular flexibility index (Phi) is 2.17. The van der Waals surface area contributed by atoms with Gasteiger partial charge in [0.1, 0.15) is 5.01 Å². The lowest BCUT2D eigenvalue weighted by atomic mass is 9.40. The van der Waals surface area contributed by atoms with Gasteiger partial charge in [-0.3, -0.25) is 0 Å². The minimum atomic E-state index is 0. The molecule has 1 aromatic carbocycles. The molecule has 3 fully saturated rings. The molecule has 2 bridgehead atoms. The average Bonchev–Trinajstić information content (AvgIpc) is 2.53. The summed E-state index contributed by atoms with van der Waals surface area (Å²) >= 11 is 1.86. The van der Waals surface area contributed by atoms with Crippen molar-refractivity contribution in [2.45, 2.75) is 37.1 Å². The predicted octanol–water partition coefficient (Wildman–Crippen LogP) is 3.16. The highest BCUT2D eigenvalue weighted by atomic mass is 35.5. The molecule has 0 saturated heterocycles. The molecule has 0 radical (unpaired) electrons. The topological polar surface area (TPSA) is 38.9 Å². The second kappa shape index (κ2) is 3.22. The third kappa shape index (κ3) is 1.39. The number of fused-ring (bicyclic) bond motifs is 1. The van der Waals surface area contributed by atoms with Crippen molar-refractivity contribution < 1.29 is 0 Å². The van der Waals surface area contributed by atoms with Gasteiger partial charge in [0, 0.05) is 11.0 Å². The van der Waals surface area contributed by atoms with Crippen molar-refractivity contribution in [3.8, 4) is 0 Å². The third-order valence-electron chi connectivity index (χ3n) is 4.07. The summed E-state index contributed by atoms with van der Waals surface area (Å²) < 4.78 is 1.32. The van der Waals surface area contributed by atoms with Crippen molar-refractivity contribution in [2.75, 3.05) is 0 Å². The smallest absolute Gasteiger partial charge is 0.100 e. The van der Waals surface area contributed by atoms with Crippen LogP contribution in [0.15, 0.2) is 18.2 Å². The zero-order valence-electron chi connectivity index (χ0n) is 9.69. The fourth-order valence-electron chi connectivity index (χ4n) is 3.36. The van der Waals surface area contributed by atoms with Gasteiger partial charge in [-0.25, -0.2) is 4.98 Å². The maximum atomic E-state index is 6.11. The van der Waals surface area contributed by atoms with E-state index >= 15 is 0 Å². The molecule has 0 atom stereocenters. The second-order valence-electron chi connectivity index (χ2n) is 5.66. The van der Waals surface area contributed by atoms with Crippen LogP contribution >= 0.6 is 23.7 Å². The van der Waals surface area contributed by atoms with Gasteiger partial charge in [0.15, 0.2) is 0 Å². The van der Waals surface area contributed by atoms with Crippen molar-refractivity contribution in [3.05, 3.63) is 28.8 Å². The quantitative estimate of drug-likeness (QED) is 0.861. The van der Waals surface area contributed by atoms with E-state index in [1.807, 2.05) is 11.3 Å². The van der Waals surface area contributed by atoms with Crippen LogP contribution in [0.5, 0.6) is 0 Å². The van der Waals surface area contributed by atoms with Crippen LogP contribution in [-0.4, -0.2) is 10.5 Å². The molecule has 2 N–H and O–H groups in total. The van der Waals surface area contributed by atoms with Gasteiger partial charge < -0.3 is 5.73 Å².